The van der Waals surface area contributed by atoms with Crippen LogP contribution in [0.2, 0.25) is 0 Å². The first kappa shape index (κ1) is 16.5. The Hall–Kier alpha value is -1.60. The predicted octanol–water partition coefficient (Wildman–Crippen LogP) is 1.65. The molecule has 7 heteroatoms. The van der Waals surface area contributed by atoms with E-state index in [1.807, 2.05) is 6.92 Å². The van der Waals surface area contributed by atoms with Crippen LogP contribution in [0, 0.1) is 0 Å². The molecule has 0 aliphatic heterocycles. The molecule has 0 saturated carbocycles. The molecule has 0 heterocycles. The molecule has 0 saturated heterocycles. The van der Waals surface area contributed by atoms with Gasteiger partial charge in [-0.2, -0.15) is 0 Å². The zero-order valence-electron chi connectivity index (χ0n) is 11.6. The molecule has 0 spiro atoms. The second-order valence-corrected chi connectivity index (χ2v) is 6.08. The summed E-state index contributed by atoms with van der Waals surface area (Å²) >= 11 is 0. The number of benzene rings is 1. The van der Waals surface area contributed by atoms with Crippen LogP contribution in [0.15, 0.2) is 29.2 Å². The Morgan fingerprint density at radius 2 is 1.95 bits per heavy atom. The van der Waals surface area contributed by atoms with Crippen molar-refractivity contribution in [2.75, 3.05) is 11.9 Å². The molecule has 3 N–H and O–H groups in total. The summed E-state index contributed by atoms with van der Waals surface area (Å²) in [6.07, 6.45) is 0.522. The van der Waals surface area contributed by atoms with Crippen LogP contribution in [0.5, 0.6) is 0 Å². The quantitative estimate of drug-likeness (QED) is 0.678. The molecule has 0 aromatic heterocycles. The SMILES string of the molecule is CCNS(=O)(=O)c1ccccc1NC(CC)CC(=O)O. The summed E-state index contributed by atoms with van der Waals surface area (Å²) in [6, 6.07) is 6.15. The summed E-state index contributed by atoms with van der Waals surface area (Å²) in [5.41, 5.74) is 0.418. The molecule has 112 valence electrons. The number of nitrogens with one attached hydrogen (secondary N) is 2. The standard InChI is InChI=1S/C13H20N2O4S/c1-3-10(9-13(16)17)15-11-7-5-6-8-12(11)20(18,19)14-4-2/h5-8,10,14-15H,3-4,9H2,1-2H3,(H,16,17). The van der Waals surface area contributed by atoms with Crippen molar-refractivity contribution < 1.29 is 18.3 Å². The van der Waals surface area contributed by atoms with Gasteiger partial charge in [-0.3, -0.25) is 4.79 Å². The molecule has 6 nitrogen and oxygen atoms in total. The normalized spacial score (nSPS) is 12.9. The molecule has 1 unspecified atom stereocenters. The molecular formula is C13H20N2O4S. The Morgan fingerprint density at radius 3 is 2.50 bits per heavy atom. The summed E-state index contributed by atoms with van der Waals surface area (Å²) in [4.78, 5) is 10.9. The monoisotopic (exact) mass is 300 g/mol. The summed E-state index contributed by atoms with van der Waals surface area (Å²) in [5, 5.41) is 11.8. The number of sulfonamides is 1. The molecule has 0 radical (unpaired) electrons. The molecule has 1 aromatic rings. The minimum atomic E-state index is -3.58. The first-order valence-corrected chi connectivity index (χ1v) is 7.96. The second kappa shape index (κ2) is 7.25. The number of carbonyl (C=O) groups is 1. The van der Waals surface area contributed by atoms with Crippen LogP contribution in [0.4, 0.5) is 5.69 Å². The maximum absolute atomic E-state index is 12.1. The highest BCUT2D eigenvalue weighted by molar-refractivity contribution is 7.89. The summed E-state index contributed by atoms with van der Waals surface area (Å²) in [7, 11) is -3.58. The van der Waals surface area contributed by atoms with Gasteiger partial charge in [-0.1, -0.05) is 26.0 Å². The fourth-order valence-electron chi connectivity index (χ4n) is 1.82. The molecule has 0 bridgehead atoms. The third kappa shape index (κ3) is 4.50. The van der Waals surface area contributed by atoms with Crippen molar-refractivity contribution in [1.82, 2.24) is 4.72 Å². The van der Waals surface area contributed by atoms with Gasteiger partial charge in [-0.25, -0.2) is 13.1 Å². The lowest BCUT2D eigenvalue weighted by molar-refractivity contribution is -0.137. The summed E-state index contributed by atoms with van der Waals surface area (Å²) in [5.74, 6) is -0.920. The van der Waals surface area contributed by atoms with Gasteiger partial charge in [0.2, 0.25) is 10.0 Å². The summed E-state index contributed by atoms with van der Waals surface area (Å²) in [6.45, 7) is 3.85. The van der Waals surface area contributed by atoms with Gasteiger partial charge in [0.25, 0.3) is 0 Å². The smallest absolute Gasteiger partial charge is 0.305 e. The first-order chi connectivity index (χ1) is 9.40. The van der Waals surface area contributed by atoms with Crippen molar-refractivity contribution in [3.8, 4) is 0 Å². The Kier molecular flexibility index (Phi) is 5.97. The zero-order valence-corrected chi connectivity index (χ0v) is 12.4. The number of hydrogen-bond acceptors (Lipinski definition) is 4. The molecule has 1 rings (SSSR count). The van der Waals surface area contributed by atoms with Crippen LogP contribution in [0.3, 0.4) is 0 Å². The third-order valence-electron chi connectivity index (χ3n) is 2.78. The fraction of sp³-hybridized carbons (Fsp3) is 0.462. The maximum atomic E-state index is 12.1. The van der Waals surface area contributed by atoms with E-state index in [2.05, 4.69) is 10.0 Å². The van der Waals surface area contributed by atoms with Gasteiger partial charge < -0.3 is 10.4 Å². The van der Waals surface area contributed by atoms with E-state index >= 15 is 0 Å². The molecule has 0 aliphatic rings. The van der Waals surface area contributed by atoms with Gasteiger partial charge >= 0.3 is 5.97 Å². The Labute approximate surface area is 119 Å². The average molecular weight is 300 g/mol. The van der Waals surface area contributed by atoms with Gasteiger partial charge in [0, 0.05) is 12.6 Å². The van der Waals surface area contributed by atoms with E-state index in [0.717, 1.165) is 0 Å². The lowest BCUT2D eigenvalue weighted by Gasteiger charge is -2.19. The minimum absolute atomic E-state index is 0.0634. The van der Waals surface area contributed by atoms with E-state index < -0.39 is 16.0 Å². The average Bonchev–Trinajstić information content (AvgIpc) is 2.37. The minimum Gasteiger partial charge on any atom is -0.481 e. The van der Waals surface area contributed by atoms with Crippen molar-refractivity contribution in [3.63, 3.8) is 0 Å². The second-order valence-electron chi connectivity index (χ2n) is 4.34. The predicted molar refractivity (Wildman–Crippen MR) is 77.3 cm³/mol. The number of carboxylic acids is 1. The number of rotatable bonds is 8. The lowest BCUT2D eigenvalue weighted by Crippen LogP contribution is -2.27. The van der Waals surface area contributed by atoms with E-state index in [1.54, 1.807) is 25.1 Å². The van der Waals surface area contributed by atoms with Gasteiger partial charge in [-0.05, 0) is 18.6 Å². The van der Waals surface area contributed by atoms with Crippen molar-refractivity contribution in [2.45, 2.75) is 37.6 Å². The number of hydrogen-bond donors (Lipinski definition) is 3. The molecule has 1 atom stereocenters. The highest BCUT2D eigenvalue weighted by atomic mass is 32.2. The van der Waals surface area contributed by atoms with Gasteiger partial charge in [0.15, 0.2) is 0 Å². The fourth-order valence-corrected chi connectivity index (χ4v) is 3.03. The third-order valence-corrected chi connectivity index (χ3v) is 4.39. The van der Waals surface area contributed by atoms with Crippen molar-refractivity contribution >= 4 is 21.7 Å². The van der Waals surface area contributed by atoms with Gasteiger partial charge in [0.1, 0.15) is 4.90 Å². The van der Waals surface area contributed by atoms with E-state index in [-0.39, 0.29) is 17.4 Å². The van der Waals surface area contributed by atoms with Crippen LogP contribution in [-0.2, 0) is 14.8 Å². The number of anilines is 1. The molecular weight excluding hydrogens is 280 g/mol. The van der Waals surface area contributed by atoms with E-state index in [0.29, 0.717) is 18.7 Å². The maximum Gasteiger partial charge on any atom is 0.305 e. The molecule has 0 amide bonds. The molecule has 0 fully saturated rings. The van der Waals surface area contributed by atoms with E-state index in [4.69, 9.17) is 5.11 Å². The molecule has 1 aromatic carbocycles. The highest BCUT2D eigenvalue weighted by Crippen LogP contribution is 2.22. The van der Waals surface area contributed by atoms with Gasteiger partial charge in [0.05, 0.1) is 12.1 Å². The van der Waals surface area contributed by atoms with Crippen molar-refractivity contribution in [3.05, 3.63) is 24.3 Å². The van der Waals surface area contributed by atoms with Crippen molar-refractivity contribution in [2.24, 2.45) is 0 Å². The van der Waals surface area contributed by atoms with E-state index in [1.165, 1.54) is 6.07 Å². The number of carboxylic acid groups (broad SMARTS) is 1. The van der Waals surface area contributed by atoms with Crippen LogP contribution < -0.4 is 10.0 Å². The van der Waals surface area contributed by atoms with Crippen molar-refractivity contribution in [1.29, 1.82) is 0 Å². The molecule has 20 heavy (non-hydrogen) atoms. The largest absolute Gasteiger partial charge is 0.481 e. The Balaban J connectivity index is 3.04. The first-order valence-electron chi connectivity index (χ1n) is 6.47. The Bertz CT molecular complexity index is 557. The number of para-hydroxylation sites is 1. The molecule has 0 aliphatic carbocycles. The van der Waals surface area contributed by atoms with Gasteiger partial charge in [-0.15, -0.1) is 0 Å². The topological polar surface area (TPSA) is 95.5 Å². The van der Waals surface area contributed by atoms with Crippen LogP contribution in [0.1, 0.15) is 26.7 Å². The van der Waals surface area contributed by atoms with E-state index in [9.17, 15) is 13.2 Å². The van der Waals surface area contributed by atoms with Crippen LogP contribution in [-0.4, -0.2) is 32.1 Å². The summed E-state index contributed by atoms with van der Waals surface area (Å²) < 4.78 is 26.6. The Morgan fingerprint density at radius 1 is 1.30 bits per heavy atom. The number of aliphatic carboxylic acids is 1. The van der Waals surface area contributed by atoms with Crippen LogP contribution >= 0.6 is 0 Å². The zero-order chi connectivity index (χ0) is 15.2. The highest BCUT2D eigenvalue weighted by Gasteiger charge is 2.19. The van der Waals surface area contributed by atoms with Crippen LogP contribution in [0.25, 0.3) is 0 Å². The lowest BCUT2D eigenvalue weighted by atomic mass is 10.1.